The van der Waals surface area contributed by atoms with Crippen LogP contribution in [0.15, 0.2) is 66.9 Å². The fraction of sp³-hybridized carbons (Fsp3) is 0.111. The lowest BCUT2D eigenvalue weighted by atomic mass is 10.2. The van der Waals surface area contributed by atoms with E-state index in [-0.39, 0.29) is 0 Å². The highest BCUT2D eigenvalue weighted by atomic mass is 127. The van der Waals surface area contributed by atoms with Gasteiger partial charge in [0.1, 0.15) is 3.70 Å². The van der Waals surface area contributed by atoms with Gasteiger partial charge in [0.2, 0.25) is 5.82 Å². The van der Waals surface area contributed by atoms with Crippen LogP contribution in [0.5, 0.6) is 0 Å². The summed E-state index contributed by atoms with van der Waals surface area (Å²) < 4.78 is 2.95. The average Bonchev–Trinajstić information content (AvgIpc) is 3.24. The summed E-state index contributed by atoms with van der Waals surface area (Å²) in [5.41, 5.74) is 3.24. The van der Waals surface area contributed by atoms with E-state index in [1.54, 1.807) is 11.0 Å². The quantitative estimate of drug-likeness (QED) is 0.446. The van der Waals surface area contributed by atoms with E-state index in [4.69, 9.17) is 0 Å². The Labute approximate surface area is 158 Å². The third-order valence-corrected chi connectivity index (χ3v) is 4.95. The van der Waals surface area contributed by atoms with Crippen LogP contribution in [0.25, 0.3) is 11.4 Å². The van der Waals surface area contributed by atoms with Crippen molar-refractivity contribution in [1.29, 1.82) is 0 Å². The Hall–Kier alpha value is -2.55. The predicted molar refractivity (Wildman–Crippen MR) is 103 cm³/mol. The third kappa shape index (κ3) is 3.60. The van der Waals surface area contributed by atoms with Gasteiger partial charge >= 0.3 is 0 Å². The second kappa shape index (κ2) is 7.14. The summed E-state index contributed by atoms with van der Waals surface area (Å²) in [4.78, 5) is 1.61. The Morgan fingerprint density at radius 1 is 0.840 bits per heavy atom. The van der Waals surface area contributed by atoms with Gasteiger partial charge in [-0.15, -0.1) is 10.2 Å². The van der Waals surface area contributed by atoms with Crippen LogP contribution in [0.4, 0.5) is 0 Å². The summed E-state index contributed by atoms with van der Waals surface area (Å²) in [5.74, 6) is 0.597. The molecule has 25 heavy (non-hydrogen) atoms. The van der Waals surface area contributed by atoms with Gasteiger partial charge in [0.25, 0.3) is 0 Å². The first kappa shape index (κ1) is 15.9. The van der Waals surface area contributed by atoms with Gasteiger partial charge in [0.15, 0.2) is 0 Å². The summed E-state index contributed by atoms with van der Waals surface area (Å²) in [6.07, 6.45) is 1.80. The van der Waals surface area contributed by atoms with E-state index in [0.29, 0.717) is 12.4 Å². The molecule has 0 aliphatic heterocycles. The molecular weight excluding hydrogens is 427 g/mol. The normalized spacial score (nSPS) is 10.9. The van der Waals surface area contributed by atoms with Crippen LogP contribution in [0.1, 0.15) is 11.1 Å². The van der Waals surface area contributed by atoms with Gasteiger partial charge < -0.3 is 0 Å². The van der Waals surface area contributed by atoms with Gasteiger partial charge in [-0.3, -0.25) is 4.68 Å². The topological polar surface area (TPSA) is 61.4 Å². The number of nitrogens with zero attached hydrogens (tertiary/aromatic N) is 6. The lowest BCUT2D eigenvalue weighted by Crippen LogP contribution is -2.04. The Balaban J connectivity index is 1.55. The van der Waals surface area contributed by atoms with E-state index >= 15 is 0 Å². The Morgan fingerprint density at radius 2 is 1.48 bits per heavy atom. The molecule has 0 atom stereocenters. The van der Waals surface area contributed by atoms with E-state index in [0.717, 1.165) is 21.4 Å². The smallest absolute Gasteiger partial charge is 0.209 e. The van der Waals surface area contributed by atoms with Crippen molar-refractivity contribution < 1.29 is 0 Å². The number of aromatic nitrogens is 6. The Kier molecular flexibility index (Phi) is 4.55. The van der Waals surface area contributed by atoms with E-state index in [2.05, 4.69) is 55.2 Å². The molecule has 7 heteroatoms. The standard InChI is InChI=1S/C18H15IN6/c19-17-16(11-20-24(17)12-14-7-3-1-4-8-14)18-21-23-25(22-18)13-15-9-5-2-6-10-15/h1-11H,12-13H2. The van der Waals surface area contributed by atoms with Crippen LogP contribution in [0.2, 0.25) is 0 Å². The second-order valence-electron chi connectivity index (χ2n) is 5.62. The molecule has 124 valence electrons. The third-order valence-electron chi connectivity index (χ3n) is 3.81. The van der Waals surface area contributed by atoms with Crippen LogP contribution in [0.3, 0.4) is 0 Å². The van der Waals surface area contributed by atoms with Gasteiger partial charge in [0.05, 0.1) is 24.8 Å². The molecule has 2 heterocycles. The van der Waals surface area contributed by atoms with Crippen LogP contribution >= 0.6 is 22.6 Å². The summed E-state index contributed by atoms with van der Waals surface area (Å²) in [6.45, 7) is 1.32. The van der Waals surface area contributed by atoms with Crippen LogP contribution in [0, 0.1) is 3.70 Å². The number of rotatable bonds is 5. The molecule has 0 aliphatic rings. The van der Waals surface area contributed by atoms with Crippen molar-refractivity contribution in [2.45, 2.75) is 13.1 Å². The monoisotopic (exact) mass is 442 g/mol. The SMILES string of the molecule is Ic1c(-c2nnn(Cc3ccccc3)n2)cnn1Cc1ccccc1. The maximum atomic E-state index is 4.49. The van der Waals surface area contributed by atoms with Gasteiger partial charge in [-0.2, -0.15) is 9.90 Å². The van der Waals surface area contributed by atoms with Crippen molar-refractivity contribution in [3.05, 3.63) is 81.7 Å². The van der Waals surface area contributed by atoms with Gasteiger partial charge in [0, 0.05) is 0 Å². The highest BCUT2D eigenvalue weighted by molar-refractivity contribution is 14.1. The number of hydrogen-bond acceptors (Lipinski definition) is 4. The first-order valence-electron chi connectivity index (χ1n) is 7.87. The molecule has 0 spiro atoms. The van der Waals surface area contributed by atoms with E-state index < -0.39 is 0 Å². The summed E-state index contributed by atoms with van der Waals surface area (Å²) in [7, 11) is 0. The van der Waals surface area contributed by atoms with Crippen LogP contribution in [-0.4, -0.2) is 30.0 Å². The van der Waals surface area contributed by atoms with E-state index in [9.17, 15) is 0 Å². The largest absolute Gasteiger partial charge is 0.254 e. The van der Waals surface area contributed by atoms with Crippen molar-refractivity contribution in [1.82, 2.24) is 30.0 Å². The molecule has 0 saturated heterocycles. The average molecular weight is 442 g/mol. The highest BCUT2D eigenvalue weighted by Crippen LogP contribution is 2.22. The maximum absolute atomic E-state index is 4.49. The lowest BCUT2D eigenvalue weighted by Gasteiger charge is -2.03. The van der Waals surface area contributed by atoms with Crippen molar-refractivity contribution in [3.63, 3.8) is 0 Å². The van der Waals surface area contributed by atoms with Crippen LogP contribution < -0.4 is 0 Å². The fourth-order valence-electron chi connectivity index (χ4n) is 2.55. The molecule has 0 bridgehead atoms. The minimum absolute atomic E-state index is 0.597. The second-order valence-corrected chi connectivity index (χ2v) is 6.64. The summed E-state index contributed by atoms with van der Waals surface area (Å²) >= 11 is 2.28. The Bertz CT molecular complexity index is 962. The number of benzene rings is 2. The zero-order valence-corrected chi connectivity index (χ0v) is 15.5. The van der Waals surface area contributed by atoms with Crippen molar-refractivity contribution in [2.75, 3.05) is 0 Å². The van der Waals surface area contributed by atoms with Gasteiger partial charge in [-0.05, 0) is 38.9 Å². The Morgan fingerprint density at radius 3 is 2.16 bits per heavy atom. The van der Waals surface area contributed by atoms with Gasteiger partial charge in [-0.1, -0.05) is 60.7 Å². The van der Waals surface area contributed by atoms with Gasteiger partial charge in [-0.25, -0.2) is 0 Å². The fourth-order valence-corrected chi connectivity index (χ4v) is 3.23. The highest BCUT2D eigenvalue weighted by Gasteiger charge is 2.15. The molecule has 2 aromatic heterocycles. The molecule has 4 rings (SSSR count). The first-order chi connectivity index (χ1) is 12.3. The molecule has 0 saturated carbocycles. The predicted octanol–water partition coefficient (Wildman–Crippen LogP) is 3.24. The number of tetrazole rings is 1. The van der Waals surface area contributed by atoms with Crippen molar-refractivity contribution in [2.24, 2.45) is 0 Å². The summed E-state index contributed by atoms with van der Waals surface area (Å²) in [5, 5.41) is 17.3. The van der Waals surface area contributed by atoms with Crippen LogP contribution in [-0.2, 0) is 13.1 Å². The molecule has 0 amide bonds. The minimum Gasteiger partial charge on any atom is -0.254 e. The molecule has 4 aromatic rings. The van der Waals surface area contributed by atoms with E-state index in [1.807, 2.05) is 53.2 Å². The lowest BCUT2D eigenvalue weighted by molar-refractivity contribution is 0.573. The maximum Gasteiger partial charge on any atom is 0.209 e. The molecule has 0 fully saturated rings. The number of hydrogen-bond donors (Lipinski definition) is 0. The molecule has 0 aliphatic carbocycles. The zero-order chi connectivity index (χ0) is 17.1. The molecule has 0 radical (unpaired) electrons. The van der Waals surface area contributed by atoms with Crippen molar-refractivity contribution >= 4 is 22.6 Å². The minimum atomic E-state index is 0.597. The summed E-state index contributed by atoms with van der Waals surface area (Å²) in [6, 6.07) is 20.3. The molecule has 0 unspecified atom stereocenters. The molecule has 2 aromatic carbocycles. The van der Waals surface area contributed by atoms with Crippen molar-refractivity contribution in [3.8, 4) is 11.4 Å². The van der Waals surface area contributed by atoms with E-state index in [1.165, 1.54) is 5.56 Å². The molecular formula is C18H15IN6. The molecule has 6 nitrogen and oxygen atoms in total. The first-order valence-corrected chi connectivity index (χ1v) is 8.95. The molecule has 0 N–H and O–H groups in total. The zero-order valence-electron chi connectivity index (χ0n) is 13.3. The number of halogens is 1.